The lowest BCUT2D eigenvalue weighted by Crippen LogP contribution is -2.29. The first-order valence-electron chi connectivity index (χ1n) is 5.60. The molecule has 2 rings (SSSR count). The fraction of sp³-hybridized carbons (Fsp3) is 0.462. The van der Waals surface area contributed by atoms with Crippen molar-refractivity contribution in [2.24, 2.45) is 4.99 Å². The van der Waals surface area contributed by atoms with Crippen LogP contribution in [0.5, 0.6) is 0 Å². The first-order valence-corrected chi connectivity index (χ1v) is 6.39. The summed E-state index contributed by atoms with van der Waals surface area (Å²) in [6.45, 7) is 6.27. The van der Waals surface area contributed by atoms with Crippen molar-refractivity contribution in [3.8, 4) is 0 Å². The van der Waals surface area contributed by atoms with Crippen molar-refractivity contribution in [1.82, 2.24) is 0 Å². The maximum absolute atomic E-state index is 13.8. The molecule has 0 saturated carbocycles. The summed E-state index contributed by atoms with van der Waals surface area (Å²) < 4.78 is 14.6. The number of rotatable bonds is 2. The highest BCUT2D eigenvalue weighted by molar-refractivity contribution is 9.10. The average Bonchev–Trinajstić information content (AvgIpc) is 2.52. The molecule has 1 aliphatic rings. The lowest BCUT2D eigenvalue weighted by atomic mass is 9.74. The number of halogens is 2. The normalized spacial score (nSPS) is 17.2. The lowest BCUT2D eigenvalue weighted by Gasteiger charge is -2.28. The molecule has 0 aliphatic carbocycles. The van der Waals surface area contributed by atoms with Crippen molar-refractivity contribution in [2.45, 2.75) is 39.0 Å². The first-order chi connectivity index (χ1) is 7.55. The van der Waals surface area contributed by atoms with E-state index in [0.717, 1.165) is 28.6 Å². The van der Waals surface area contributed by atoms with E-state index >= 15 is 0 Å². The monoisotopic (exact) mass is 283 g/mol. The number of benzene rings is 1. The van der Waals surface area contributed by atoms with Gasteiger partial charge in [0.2, 0.25) is 0 Å². The van der Waals surface area contributed by atoms with Crippen LogP contribution in [0.4, 0.5) is 10.1 Å². The van der Waals surface area contributed by atoms with Gasteiger partial charge >= 0.3 is 0 Å². The van der Waals surface area contributed by atoms with Gasteiger partial charge in [-0.1, -0.05) is 29.8 Å². The zero-order valence-corrected chi connectivity index (χ0v) is 11.4. The topological polar surface area (TPSA) is 12.4 Å². The van der Waals surface area contributed by atoms with E-state index in [1.54, 1.807) is 0 Å². The highest BCUT2D eigenvalue weighted by Crippen LogP contribution is 2.46. The van der Waals surface area contributed by atoms with Crippen molar-refractivity contribution < 1.29 is 4.39 Å². The first kappa shape index (κ1) is 11.8. The maximum atomic E-state index is 13.8. The summed E-state index contributed by atoms with van der Waals surface area (Å²) in [7, 11) is 0. The molecule has 0 aromatic heterocycles. The molecule has 1 aromatic carbocycles. The zero-order chi connectivity index (χ0) is 11.9. The summed E-state index contributed by atoms with van der Waals surface area (Å²) in [5, 5.41) is 0. The Balaban J connectivity index is 2.71. The van der Waals surface area contributed by atoms with Crippen LogP contribution in [0.15, 0.2) is 21.6 Å². The van der Waals surface area contributed by atoms with Gasteiger partial charge in [-0.15, -0.1) is 0 Å². The zero-order valence-electron chi connectivity index (χ0n) is 9.77. The van der Waals surface area contributed by atoms with Crippen molar-refractivity contribution in [3.05, 3.63) is 28.0 Å². The Hall–Kier alpha value is -0.700. The fourth-order valence-corrected chi connectivity index (χ4v) is 3.09. The van der Waals surface area contributed by atoms with E-state index in [2.05, 4.69) is 34.8 Å². The molecule has 1 aliphatic heterocycles. The molecule has 86 valence electrons. The van der Waals surface area contributed by atoms with Crippen molar-refractivity contribution in [2.75, 3.05) is 0 Å². The fourth-order valence-electron chi connectivity index (χ4n) is 2.66. The molecule has 1 nitrogen and oxygen atoms in total. The molecule has 0 amide bonds. The minimum atomic E-state index is -0.229. The Morgan fingerprint density at radius 3 is 2.50 bits per heavy atom. The second-order valence-corrected chi connectivity index (χ2v) is 5.19. The van der Waals surface area contributed by atoms with Gasteiger partial charge in [-0.25, -0.2) is 4.39 Å². The summed E-state index contributed by atoms with van der Waals surface area (Å²) in [5.41, 5.74) is 2.52. The maximum Gasteiger partial charge on any atom is 0.150 e. The summed E-state index contributed by atoms with van der Waals surface area (Å²) >= 11 is 3.35. The predicted molar refractivity (Wildman–Crippen MR) is 69.1 cm³/mol. The van der Waals surface area contributed by atoms with E-state index in [4.69, 9.17) is 0 Å². The van der Waals surface area contributed by atoms with Crippen LogP contribution in [0.3, 0.4) is 0 Å². The molecule has 0 bridgehead atoms. The van der Waals surface area contributed by atoms with E-state index in [1.807, 2.05) is 13.0 Å². The second kappa shape index (κ2) is 3.95. The van der Waals surface area contributed by atoms with E-state index in [0.29, 0.717) is 5.69 Å². The van der Waals surface area contributed by atoms with Gasteiger partial charge in [0.1, 0.15) is 11.5 Å². The molecule has 0 N–H and O–H groups in total. The molecule has 0 fully saturated rings. The van der Waals surface area contributed by atoms with Gasteiger partial charge in [0.15, 0.2) is 0 Å². The van der Waals surface area contributed by atoms with Crippen molar-refractivity contribution in [3.63, 3.8) is 0 Å². The third-order valence-electron chi connectivity index (χ3n) is 3.72. The summed E-state index contributed by atoms with van der Waals surface area (Å²) in [6, 6.07) is 3.49. The van der Waals surface area contributed by atoms with Crippen molar-refractivity contribution >= 4 is 27.3 Å². The molecule has 0 saturated heterocycles. The van der Waals surface area contributed by atoms with Crippen molar-refractivity contribution in [1.29, 1.82) is 0 Å². The van der Waals surface area contributed by atoms with E-state index in [-0.39, 0.29) is 11.2 Å². The third-order valence-corrected chi connectivity index (χ3v) is 4.18. The van der Waals surface area contributed by atoms with Gasteiger partial charge in [0.25, 0.3) is 0 Å². The number of fused-ring (bicyclic) bond motifs is 1. The minimum absolute atomic E-state index is 0.0695. The summed E-state index contributed by atoms with van der Waals surface area (Å²) in [4.78, 5) is 4.41. The Labute approximate surface area is 104 Å². The summed E-state index contributed by atoms with van der Waals surface area (Å²) in [5.74, 6) is -0.229. The Bertz CT molecular complexity index is 461. The molecule has 0 unspecified atom stereocenters. The van der Waals surface area contributed by atoms with E-state index in [1.165, 1.54) is 6.07 Å². The van der Waals surface area contributed by atoms with Gasteiger partial charge in [-0.2, -0.15) is 0 Å². The van der Waals surface area contributed by atoms with E-state index in [9.17, 15) is 4.39 Å². The van der Waals surface area contributed by atoms with E-state index < -0.39 is 0 Å². The molecule has 3 heteroatoms. The largest absolute Gasteiger partial charge is 0.254 e. The molecule has 0 atom stereocenters. The van der Waals surface area contributed by atoms with Crippen LogP contribution in [-0.4, -0.2) is 5.71 Å². The molecular weight excluding hydrogens is 269 g/mol. The highest BCUT2D eigenvalue weighted by Gasteiger charge is 2.39. The van der Waals surface area contributed by atoms with Gasteiger partial charge < -0.3 is 0 Å². The van der Waals surface area contributed by atoms with Gasteiger partial charge in [0, 0.05) is 15.6 Å². The molecule has 0 radical (unpaired) electrons. The summed E-state index contributed by atoms with van der Waals surface area (Å²) in [6.07, 6.45) is 1.92. The van der Waals surface area contributed by atoms with Crippen LogP contribution in [0, 0.1) is 5.82 Å². The van der Waals surface area contributed by atoms with Crippen LogP contribution < -0.4 is 0 Å². The molecule has 0 spiro atoms. The number of nitrogens with zero attached hydrogens (tertiary/aromatic N) is 1. The lowest BCUT2D eigenvalue weighted by molar-refractivity contribution is 0.539. The molecule has 16 heavy (non-hydrogen) atoms. The second-order valence-electron chi connectivity index (χ2n) is 4.27. The molecule has 1 aromatic rings. The van der Waals surface area contributed by atoms with Crippen LogP contribution in [0.1, 0.15) is 39.2 Å². The number of aliphatic imine (C=N–C) groups is 1. The Morgan fingerprint density at radius 2 is 1.94 bits per heavy atom. The van der Waals surface area contributed by atoms with Crippen LogP contribution in [0.25, 0.3) is 0 Å². The average molecular weight is 284 g/mol. The van der Waals surface area contributed by atoms with Gasteiger partial charge in [-0.3, -0.25) is 4.99 Å². The molecule has 1 heterocycles. The minimum Gasteiger partial charge on any atom is -0.254 e. The number of hydrogen-bond acceptors (Lipinski definition) is 1. The van der Waals surface area contributed by atoms with Crippen LogP contribution >= 0.6 is 15.9 Å². The van der Waals surface area contributed by atoms with Crippen LogP contribution in [-0.2, 0) is 5.41 Å². The Kier molecular flexibility index (Phi) is 2.91. The predicted octanol–water partition coefficient (Wildman–Crippen LogP) is 4.75. The molecular formula is C13H15BrFN. The smallest absolute Gasteiger partial charge is 0.150 e. The Morgan fingerprint density at radius 1 is 1.31 bits per heavy atom. The quantitative estimate of drug-likeness (QED) is 0.743. The number of hydrogen-bond donors (Lipinski definition) is 0. The standard InChI is InChI=1S/C13H15BrFN/c1-4-13(5-2)8(3)16-12-10(13)6-9(14)7-11(12)15/h6-7H,4-5H2,1-3H3. The van der Waals surface area contributed by atoms with Gasteiger partial charge in [-0.05, 0) is 37.5 Å². The third kappa shape index (κ3) is 1.45. The highest BCUT2D eigenvalue weighted by atomic mass is 79.9. The van der Waals surface area contributed by atoms with Crippen LogP contribution in [0.2, 0.25) is 0 Å². The SMILES string of the molecule is CCC1(CC)C(C)=Nc2c(F)cc(Br)cc21. The van der Waals surface area contributed by atoms with Gasteiger partial charge in [0.05, 0.1) is 0 Å².